The van der Waals surface area contributed by atoms with Gasteiger partial charge < -0.3 is 14.6 Å². The van der Waals surface area contributed by atoms with Crippen LogP contribution in [0.1, 0.15) is 16.8 Å². The van der Waals surface area contributed by atoms with E-state index in [1.54, 1.807) is 37.3 Å². The maximum Gasteiger partial charge on any atom is 0.262 e. The van der Waals surface area contributed by atoms with Crippen molar-refractivity contribution in [2.45, 2.75) is 13.0 Å². The Labute approximate surface area is 162 Å². The number of carbonyl (C=O) groups is 1. The number of carbonyl (C=O) groups excluding carboxylic acids is 1. The molecule has 3 rings (SSSR count). The van der Waals surface area contributed by atoms with E-state index in [-0.39, 0.29) is 11.5 Å². The average molecular weight is 383 g/mol. The predicted octanol–water partition coefficient (Wildman–Crippen LogP) is 3.37. The molecule has 0 aliphatic rings. The first-order valence-corrected chi connectivity index (χ1v) is 9.02. The molecule has 0 aliphatic carbocycles. The van der Waals surface area contributed by atoms with Crippen LogP contribution in [0.3, 0.4) is 0 Å². The number of nitrogens with one attached hydrogen (secondary N) is 1. The number of nitrogens with zero attached hydrogens (tertiary/aromatic N) is 2. The van der Waals surface area contributed by atoms with Gasteiger partial charge in [0.1, 0.15) is 0 Å². The molecule has 0 saturated heterocycles. The minimum atomic E-state index is -0.166. The van der Waals surface area contributed by atoms with Crippen molar-refractivity contribution in [2.24, 2.45) is 0 Å². The molecular formula is C20H21N3O3S. The fraction of sp³-hybridized carbons (Fsp3) is 0.250. The fourth-order valence-corrected chi connectivity index (χ4v) is 3.20. The number of hydrogen-bond acceptors (Lipinski definition) is 4. The van der Waals surface area contributed by atoms with E-state index in [4.69, 9.17) is 17.0 Å². The Bertz CT molecular complexity index is 1070. The molecule has 1 amide bonds. The van der Waals surface area contributed by atoms with Gasteiger partial charge >= 0.3 is 0 Å². The summed E-state index contributed by atoms with van der Waals surface area (Å²) in [6.45, 7) is 1.04. The number of hydrogen-bond donors (Lipinski definition) is 1. The summed E-state index contributed by atoms with van der Waals surface area (Å²) < 4.78 is 6.89. The zero-order valence-electron chi connectivity index (χ0n) is 15.3. The number of amides is 1. The van der Waals surface area contributed by atoms with E-state index in [0.29, 0.717) is 40.8 Å². The van der Waals surface area contributed by atoms with Gasteiger partial charge in [-0.25, -0.2) is 0 Å². The van der Waals surface area contributed by atoms with E-state index in [1.165, 1.54) is 4.57 Å². The summed E-state index contributed by atoms with van der Waals surface area (Å²) in [5, 5.41) is 0.500. The smallest absolute Gasteiger partial charge is 0.262 e. The molecule has 2 aromatic carbocycles. The second kappa shape index (κ2) is 8.28. The lowest BCUT2D eigenvalue weighted by atomic mass is 10.1. The molecule has 0 saturated carbocycles. The quantitative estimate of drug-likeness (QED) is 0.523. The molecule has 1 aromatic heterocycles. The monoisotopic (exact) mass is 383 g/mol. The number of ether oxygens (including phenoxy) is 1. The molecule has 0 aliphatic heterocycles. The molecule has 7 heteroatoms. The molecule has 140 valence electrons. The molecule has 1 heterocycles. The van der Waals surface area contributed by atoms with E-state index in [0.717, 1.165) is 5.69 Å². The lowest BCUT2D eigenvalue weighted by Gasteiger charge is -2.17. The fourth-order valence-electron chi connectivity index (χ4n) is 2.92. The van der Waals surface area contributed by atoms with Crippen molar-refractivity contribution in [2.75, 3.05) is 25.7 Å². The molecule has 3 aromatic rings. The highest BCUT2D eigenvalue weighted by Gasteiger charge is 2.15. The first-order chi connectivity index (χ1) is 13.0. The third-order valence-electron chi connectivity index (χ3n) is 4.41. The minimum Gasteiger partial charge on any atom is -0.385 e. The number of aromatic amines is 1. The molecular weight excluding hydrogens is 362 g/mol. The van der Waals surface area contributed by atoms with Gasteiger partial charge in [-0.2, -0.15) is 0 Å². The summed E-state index contributed by atoms with van der Waals surface area (Å²) in [5.41, 5.74) is 1.67. The van der Waals surface area contributed by atoms with Gasteiger partial charge in [-0.15, -0.1) is 0 Å². The van der Waals surface area contributed by atoms with Gasteiger partial charge in [0.05, 0.1) is 10.9 Å². The zero-order valence-corrected chi connectivity index (χ0v) is 16.1. The van der Waals surface area contributed by atoms with Crippen molar-refractivity contribution in [1.29, 1.82) is 0 Å². The zero-order chi connectivity index (χ0) is 19.4. The van der Waals surface area contributed by atoms with Gasteiger partial charge in [0.15, 0.2) is 4.77 Å². The van der Waals surface area contributed by atoms with Crippen LogP contribution in [-0.4, -0.2) is 36.2 Å². The second-order valence-corrected chi connectivity index (χ2v) is 6.58. The third kappa shape index (κ3) is 3.99. The van der Waals surface area contributed by atoms with Crippen LogP contribution in [0.25, 0.3) is 10.9 Å². The van der Waals surface area contributed by atoms with Crippen molar-refractivity contribution in [3.63, 3.8) is 0 Å². The van der Waals surface area contributed by atoms with E-state index in [1.807, 2.05) is 30.3 Å². The van der Waals surface area contributed by atoms with E-state index >= 15 is 0 Å². The lowest BCUT2D eigenvalue weighted by Crippen LogP contribution is -2.26. The van der Waals surface area contributed by atoms with Crippen LogP contribution < -0.4 is 10.5 Å². The number of para-hydroxylation sites is 1. The Morgan fingerprint density at radius 2 is 1.96 bits per heavy atom. The van der Waals surface area contributed by atoms with Gasteiger partial charge in [0.25, 0.3) is 11.5 Å². The second-order valence-electron chi connectivity index (χ2n) is 6.19. The Hall–Kier alpha value is -2.77. The molecule has 0 bridgehead atoms. The summed E-state index contributed by atoms with van der Waals surface area (Å²) >= 11 is 5.32. The van der Waals surface area contributed by atoms with Crippen LogP contribution >= 0.6 is 12.2 Å². The topological polar surface area (TPSA) is 67.3 Å². The Morgan fingerprint density at radius 3 is 2.67 bits per heavy atom. The maximum absolute atomic E-state index is 12.8. The molecule has 27 heavy (non-hydrogen) atoms. The van der Waals surface area contributed by atoms with Crippen LogP contribution in [0.2, 0.25) is 0 Å². The van der Waals surface area contributed by atoms with E-state index in [9.17, 15) is 9.59 Å². The minimum absolute atomic E-state index is 0.160. The number of rotatable bonds is 6. The first-order valence-electron chi connectivity index (χ1n) is 8.62. The number of anilines is 1. The largest absolute Gasteiger partial charge is 0.385 e. The van der Waals surface area contributed by atoms with Gasteiger partial charge in [-0.3, -0.25) is 14.2 Å². The van der Waals surface area contributed by atoms with Crippen molar-refractivity contribution in [3.05, 3.63) is 69.2 Å². The number of benzene rings is 2. The summed E-state index contributed by atoms with van der Waals surface area (Å²) in [6.07, 6.45) is 0.692. The summed E-state index contributed by atoms with van der Waals surface area (Å²) in [6, 6.07) is 14.4. The summed E-state index contributed by atoms with van der Waals surface area (Å²) in [4.78, 5) is 30.1. The van der Waals surface area contributed by atoms with Crippen molar-refractivity contribution >= 4 is 34.7 Å². The molecule has 0 radical (unpaired) electrons. The summed E-state index contributed by atoms with van der Waals surface area (Å²) in [7, 11) is 3.34. The van der Waals surface area contributed by atoms with Crippen LogP contribution in [0.15, 0.2) is 53.3 Å². The number of fused-ring (bicyclic) bond motifs is 1. The molecule has 1 N–H and O–H groups in total. The average Bonchev–Trinajstić information content (AvgIpc) is 2.69. The van der Waals surface area contributed by atoms with Gasteiger partial charge in [0, 0.05) is 38.6 Å². The van der Waals surface area contributed by atoms with Crippen molar-refractivity contribution in [3.8, 4) is 0 Å². The molecule has 0 fully saturated rings. The van der Waals surface area contributed by atoms with Crippen LogP contribution in [0, 0.1) is 4.77 Å². The highest BCUT2D eigenvalue weighted by Crippen LogP contribution is 2.17. The number of H-pyrrole nitrogens is 1. The SMILES string of the molecule is COCCCn1c(=S)[nH]c2cc(C(=O)N(C)c3ccccc3)ccc2c1=O. The Kier molecular flexibility index (Phi) is 5.83. The van der Waals surface area contributed by atoms with Crippen molar-refractivity contribution < 1.29 is 9.53 Å². The standard InChI is InChI=1S/C20H21N3O3S/c1-22(15-7-4-3-5-8-15)18(24)14-9-10-16-17(13-14)21-20(27)23(19(16)25)11-6-12-26-2/h3-5,7-10,13H,6,11-12H2,1-2H3,(H,21,27). The van der Waals surface area contributed by atoms with Crippen LogP contribution in [0.5, 0.6) is 0 Å². The highest BCUT2D eigenvalue weighted by molar-refractivity contribution is 7.71. The predicted molar refractivity (Wildman–Crippen MR) is 109 cm³/mol. The normalized spacial score (nSPS) is 10.9. The van der Waals surface area contributed by atoms with Gasteiger partial charge in [0.2, 0.25) is 0 Å². The Morgan fingerprint density at radius 1 is 1.22 bits per heavy atom. The molecule has 0 atom stereocenters. The number of methoxy groups -OCH3 is 1. The highest BCUT2D eigenvalue weighted by atomic mass is 32.1. The molecule has 6 nitrogen and oxygen atoms in total. The van der Waals surface area contributed by atoms with Gasteiger partial charge in [-0.1, -0.05) is 18.2 Å². The number of aromatic nitrogens is 2. The van der Waals surface area contributed by atoms with E-state index in [2.05, 4.69) is 4.98 Å². The first kappa shape index (κ1) is 19.0. The maximum atomic E-state index is 12.8. The molecule has 0 unspecified atom stereocenters. The lowest BCUT2D eigenvalue weighted by molar-refractivity contribution is 0.0993. The van der Waals surface area contributed by atoms with Crippen LogP contribution in [-0.2, 0) is 11.3 Å². The molecule has 0 spiro atoms. The Balaban J connectivity index is 1.96. The third-order valence-corrected chi connectivity index (χ3v) is 4.73. The van der Waals surface area contributed by atoms with Crippen molar-refractivity contribution in [1.82, 2.24) is 9.55 Å². The van der Waals surface area contributed by atoms with Gasteiger partial charge in [-0.05, 0) is 49.0 Å². The summed E-state index contributed by atoms with van der Waals surface area (Å²) in [5.74, 6) is -0.160. The van der Waals surface area contributed by atoms with Crippen LogP contribution in [0.4, 0.5) is 5.69 Å². The van der Waals surface area contributed by atoms with E-state index < -0.39 is 0 Å².